The number of nitrogens with zero attached hydrogens (tertiary/aromatic N) is 4. The molecular weight excluding hydrogens is 427 g/mol. The van der Waals surface area contributed by atoms with Crippen LogP contribution in [0.15, 0.2) is 22.9 Å². The molecule has 150 valence electrons. The molecule has 1 aromatic heterocycles. The third-order valence-corrected chi connectivity index (χ3v) is 6.09. The number of hydrogen-bond acceptors (Lipinski definition) is 5. The van der Waals surface area contributed by atoms with Gasteiger partial charge in [-0.3, -0.25) is 0 Å². The number of amides is 1. The van der Waals surface area contributed by atoms with Crippen LogP contribution in [-0.2, 0) is 4.74 Å². The van der Waals surface area contributed by atoms with Crippen molar-refractivity contribution in [1.82, 2.24) is 14.9 Å². The smallest absolute Gasteiger partial charge is 0.410 e. The fourth-order valence-corrected chi connectivity index (χ4v) is 4.35. The minimum Gasteiger partial charge on any atom is -0.444 e. The van der Waals surface area contributed by atoms with E-state index in [4.69, 9.17) is 4.74 Å². The Hall–Kier alpha value is -1.96. The van der Waals surface area contributed by atoms with Gasteiger partial charge >= 0.3 is 6.09 Å². The number of carbonyl (C=O) groups excluding carboxylic acids is 1. The lowest BCUT2D eigenvalue weighted by Gasteiger charge is -2.54. The molecule has 4 rings (SSSR count). The normalized spacial score (nSPS) is 19.0. The fraction of sp³-hybridized carbons (Fsp3) is 0.550. The van der Waals surface area contributed by atoms with Gasteiger partial charge in [0.05, 0.1) is 9.99 Å². The second kappa shape index (κ2) is 6.83. The van der Waals surface area contributed by atoms with Gasteiger partial charge in [0, 0.05) is 43.0 Å². The molecule has 1 amide bonds. The summed E-state index contributed by atoms with van der Waals surface area (Å²) in [6.45, 7) is 8.85. The maximum Gasteiger partial charge on any atom is 0.410 e. The van der Waals surface area contributed by atoms with E-state index < -0.39 is 5.60 Å². The molecule has 1 aromatic carbocycles. The van der Waals surface area contributed by atoms with Crippen molar-refractivity contribution in [3.8, 4) is 0 Å². The van der Waals surface area contributed by atoms with Crippen LogP contribution in [0.1, 0.15) is 33.6 Å². The summed E-state index contributed by atoms with van der Waals surface area (Å²) in [4.78, 5) is 24.9. The number of aromatic nitrogens is 2. The van der Waals surface area contributed by atoms with Gasteiger partial charge in [-0.05, 0) is 55.6 Å². The number of benzene rings is 1. The number of anilines is 1. The van der Waals surface area contributed by atoms with E-state index in [1.165, 1.54) is 12.4 Å². The molecule has 2 aliphatic rings. The van der Waals surface area contributed by atoms with Gasteiger partial charge in [-0.25, -0.2) is 19.2 Å². The molecule has 0 atom stereocenters. The summed E-state index contributed by atoms with van der Waals surface area (Å²) >= 11 is 3.25. The van der Waals surface area contributed by atoms with Gasteiger partial charge in [0.25, 0.3) is 0 Å². The van der Waals surface area contributed by atoms with Gasteiger partial charge in [-0.15, -0.1) is 0 Å². The van der Waals surface area contributed by atoms with E-state index in [9.17, 15) is 9.18 Å². The van der Waals surface area contributed by atoms with Crippen LogP contribution in [0.4, 0.5) is 15.0 Å². The molecule has 2 saturated heterocycles. The van der Waals surface area contributed by atoms with Crippen LogP contribution in [-0.4, -0.2) is 52.7 Å². The molecule has 0 bridgehead atoms. The molecule has 0 radical (unpaired) electrons. The predicted molar refractivity (Wildman–Crippen MR) is 109 cm³/mol. The molecule has 1 spiro atoms. The van der Waals surface area contributed by atoms with Gasteiger partial charge in [-0.1, -0.05) is 0 Å². The molecule has 2 aliphatic heterocycles. The summed E-state index contributed by atoms with van der Waals surface area (Å²) in [6, 6.07) is 3.18. The topological polar surface area (TPSA) is 58.6 Å². The molecular formula is C20H24BrFN4O2. The molecule has 3 heterocycles. The number of carbonyl (C=O) groups is 1. The van der Waals surface area contributed by atoms with Gasteiger partial charge in [0.1, 0.15) is 23.6 Å². The van der Waals surface area contributed by atoms with E-state index in [1.807, 2.05) is 20.8 Å². The second-order valence-electron chi connectivity index (χ2n) is 8.80. The minimum atomic E-state index is -0.471. The average molecular weight is 451 g/mol. The zero-order valence-electron chi connectivity index (χ0n) is 16.3. The summed E-state index contributed by atoms with van der Waals surface area (Å²) in [5, 5.41) is 0.844. The highest BCUT2D eigenvalue weighted by atomic mass is 79.9. The van der Waals surface area contributed by atoms with Crippen molar-refractivity contribution in [3.05, 3.63) is 28.7 Å². The predicted octanol–water partition coefficient (Wildman–Crippen LogP) is 4.37. The SMILES string of the molecule is CC(C)(C)OC(=O)N1CCC2(CC1)CN(c1ncnc3cc(F)c(Br)cc13)C2. The van der Waals surface area contributed by atoms with E-state index in [0.717, 1.165) is 37.1 Å². The monoisotopic (exact) mass is 450 g/mol. The molecule has 2 aromatic rings. The number of hydrogen-bond donors (Lipinski definition) is 0. The molecule has 0 saturated carbocycles. The maximum absolute atomic E-state index is 13.8. The van der Waals surface area contributed by atoms with Gasteiger partial charge in [0.2, 0.25) is 0 Å². The van der Waals surface area contributed by atoms with Gasteiger partial charge < -0.3 is 14.5 Å². The van der Waals surface area contributed by atoms with Crippen LogP contribution in [0, 0.1) is 11.2 Å². The van der Waals surface area contributed by atoms with Crippen molar-refractivity contribution < 1.29 is 13.9 Å². The van der Waals surface area contributed by atoms with Crippen molar-refractivity contribution >= 4 is 38.7 Å². The van der Waals surface area contributed by atoms with Crippen molar-refractivity contribution in [2.75, 3.05) is 31.1 Å². The Morgan fingerprint density at radius 2 is 1.89 bits per heavy atom. The van der Waals surface area contributed by atoms with Crippen LogP contribution in [0.3, 0.4) is 0 Å². The molecule has 8 heteroatoms. The van der Waals surface area contributed by atoms with E-state index >= 15 is 0 Å². The molecule has 0 aliphatic carbocycles. The number of ether oxygens (including phenoxy) is 1. The zero-order chi connectivity index (χ0) is 20.1. The van der Waals surface area contributed by atoms with E-state index in [-0.39, 0.29) is 17.3 Å². The van der Waals surface area contributed by atoms with Gasteiger partial charge in [-0.2, -0.15) is 0 Å². The average Bonchev–Trinajstić information content (AvgIpc) is 2.59. The lowest BCUT2D eigenvalue weighted by molar-refractivity contribution is 0.00593. The van der Waals surface area contributed by atoms with E-state index in [0.29, 0.717) is 23.1 Å². The standard InChI is InChI=1S/C20H24BrFN4O2/c1-19(2,3)28-18(27)25-6-4-20(5-7-25)10-26(11-20)17-13-8-14(21)15(22)9-16(13)23-12-24-17/h8-9,12H,4-7,10-11H2,1-3H3. The number of rotatable bonds is 1. The highest BCUT2D eigenvalue weighted by molar-refractivity contribution is 9.10. The largest absolute Gasteiger partial charge is 0.444 e. The Balaban J connectivity index is 1.42. The second-order valence-corrected chi connectivity index (χ2v) is 9.66. The van der Waals surface area contributed by atoms with Crippen molar-refractivity contribution in [2.24, 2.45) is 5.41 Å². The third-order valence-electron chi connectivity index (χ3n) is 5.48. The summed E-state index contributed by atoms with van der Waals surface area (Å²) in [5.74, 6) is 0.512. The number of fused-ring (bicyclic) bond motifs is 1. The highest BCUT2D eigenvalue weighted by Gasteiger charge is 2.46. The first kappa shape index (κ1) is 19.4. The highest BCUT2D eigenvalue weighted by Crippen LogP contribution is 2.43. The Bertz CT molecular complexity index is 914. The maximum atomic E-state index is 13.8. The first-order chi connectivity index (χ1) is 13.2. The van der Waals surface area contributed by atoms with Crippen molar-refractivity contribution in [2.45, 2.75) is 39.2 Å². The number of piperidine rings is 1. The molecule has 28 heavy (non-hydrogen) atoms. The van der Waals surface area contributed by atoms with E-state index in [1.54, 1.807) is 11.0 Å². The summed E-state index contributed by atoms with van der Waals surface area (Å²) in [7, 11) is 0. The molecule has 0 N–H and O–H groups in total. The van der Waals surface area contributed by atoms with Crippen LogP contribution in [0.25, 0.3) is 10.9 Å². The molecule has 0 unspecified atom stereocenters. The van der Waals surface area contributed by atoms with Crippen LogP contribution >= 0.6 is 15.9 Å². The zero-order valence-corrected chi connectivity index (χ0v) is 17.9. The summed E-state index contributed by atoms with van der Waals surface area (Å²) < 4.78 is 19.7. The first-order valence-corrected chi connectivity index (χ1v) is 10.3. The first-order valence-electron chi connectivity index (χ1n) is 9.48. The lowest BCUT2D eigenvalue weighted by Crippen LogP contribution is -2.61. The lowest BCUT2D eigenvalue weighted by atomic mass is 9.72. The number of halogens is 2. The van der Waals surface area contributed by atoms with Crippen LogP contribution in [0.2, 0.25) is 0 Å². The van der Waals surface area contributed by atoms with Crippen LogP contribution in [0.5, 0.6) is 0 Å². The molecule has 6 nitrogen and oxygen atoms in total. The Morgan fingerprint density at radius 1 is 1.21 bits per heavy atom. The fourth-order valence-electron chi connectivity index (χ4n) is 4.01. The molecule has 2 fully saturated rings. The number of likely N-dealkylation sites (tertiary alicyclic amines) is 1. The Kier molecular flexibility index (Phi) is 4.72. The van der Waals surface area contributed by atoms with Crippen LogP contribution < -0.4 is 4.90 Å². The van der Waals surface area contributed by atoms with Crippen molar-refractivity contribution in [3.63, 3.8) is 0 Å². The minimum absolute atomic E-state index is 0.201. The van der Waals surface area contributed by atoms with E-state index in [2.05, 4.69) is 30.8 Å². The Morgan fingerprint density at radius 3 is 2.54 bits per heavy atom. The summed E-state index contributed by atoms with van der Waals surface area (Å²) in [5.41, 5.74) is 0.334. The summed E-state index contributed by atoms with van der Waals surface area (Å²) in [6.07, 6.45) is 3.15. The van der Waals surface area contributed by atoms with Gasteiger partial charge in [0.15, 0.2) is 0 Å². The third kappa shape index (κ3) is 3.66. The quantitative estimate of drug-likeness (QED) is 0.645. The van der Waals surface area contributed by atoms with Crippen molar-refractivity contribution in [1.29, 1.82) is 0 Å². The Labute approximate surface area is 172 Å².